The summed E-state index contributed by atoms with van der Waals surface area (Å²) in [4.78, 5) is 0.443. The van der Waals surface area contributed by atoms with Gasteiger partial charge in [0.05, 0.1) is 6.61 Å². The van der Waals surface area contributed by atoms with Gasteiger partial charge in [-0.1, -0.05) is 61.0 Å². The summed E-state index contributed by atoms with van der Waals surface area (Å²) in [6, 6.07) is 8.86. The summed E-state index contributed by atoms with van der Waals surface area (Å²) >= 11 is 3.80. The van der Waals surface area contributed by atoms with E-state index in [1.165, 1.54) is 11.1 Å². The molecule has 96 valence electrons. The Morgan fingerprint density at radius 1 is 1.12 bits per heavy atom. The number of hydrogen-bond acceptors (Lipinski definition) is 1. The van der Waals surface area contributed by atoms with Crippen molar-refractivity contribution in [2.45, 2.75) is 32.0 Å². The van der Waals surface area contributed by atoms with Crippen molar-refractivity contribution in [3.05, 3.63) is 35.4 Å². The van der Waals surface area contributed by atoms with Gasteiger partial charge in [-0.3, -0.25) is 0 Å². The first-order valence-corrected chi connectivity index (χ1v) is 7.19. The summed E-state index contributed by atoms with van der Waals surface area (Å²) in [5, 5.41) is 0. The van der Waals surface area contributed by atoms with Crippen molar-refractivity contribution in [1.29, 1.82) is 0 Å². The van der Waals surface area contributed by atoms with E-state index in [0.29, 0.717) is 16.7 Å². The van der Waals surface area contributed by atoms with Gasteiger partial charge in [-0.25, -0.2) is 0 Å². The largest absolute Gasteiger partial charge is 0.384 e. The lowest BCUT2D eigenvalue weighted by molar-refractivity contribution is 0.202. The predicted molar refractivity (Wildman–Crippen MR) is 77.7 cm³/mol. The lowest BCUT2D eigenvalue weighted by Crippen LogP contribution is -2.10. The number of rotatable bonds is 6. The molecule has 0 fully saturated rings. The van der Waals surface area contributed by atoms with Crippen LogP contribution in [-0.4, -0.2) is 13.7 Å². The van der Waals surface area contributed by atoms with Crippen LogP contribution in [0.5, 0.6) is 0 Å². The molecule has 1 rings (SSSR count). The van der Waals surface area contributed by atoms with Crippen LogP contribution in [0.15, 0.2) is 24.3 Å². The molecule has 2 atom stereocenters. The van der Waals surface area contributed by atoms with Gasteiger partial charge in [0.1, 0.15) is 0 Å². The van der Waals surface area contributed by atoms with Gasteiger partial charge >= 0.3 is 0 Å². The average Bonchev–Trinajstić information content (AvgIpc) is 2.35. The third kappa shape index (κ3) is 4.44. The molecule has 0 amide bonds. The zero-order chi connectivity index (χ0) is 12.8. The molecule has 0 radical (unpaired) electrons. The maximum atomic E-state index is 5.08. The zero-order valence-electron chi connectivity index (χ0n) is 11.2. The van der Waals surface area contributed by atoms with Crippen LogP contribution >= 0.6 is 15.9 Å². The lowest BCUT2D eigenvalue weighted by Gasteiger charge is -2.22. The molecule has 0 aliphatic heterocycles. The quantitative estimate of drug-likeness (QED) is 0.697. The molecule has 0 N–H and O–H groups in total. The highest BCUT2D eigenvalue weighted by molar-refractivity contribution is 9.09. The molecule has 0 bridgehead atoms. The Balaban J connectivity index is 2.66. The second-order valence-corrected chi connectivity index (χ2v) is 5.98. The van der Waals surface area contributed by atoms with E-state index in [4.69, 9.17) is 4.74 Å². The topological polar surface area (TPSA) is 9.23 Å². The van der Waals surface area contributed by atoms with Gasteiger partial charge in [-0.15, -0.1) is 0 Å². The fourth-order valence-electron chi connectivity index (χ4n) is 1.73. The number of ether oxygens (including phenoxy) is 1. The van der Waals surface area contributed by atoms with Gasteiger partial charge in [0.15, 0.2) is 0 Å². The van der Waals surface area contributed by atoms with Crippen molar-refractivity contribution in [2.24, 2.45) is 11.8 Å². The molecule has 2 heteroatoms. The number of halogens is 1. The molecule has 0 spiro atoms. The van der Waals surface area contributed by atoms with Crippen LogP contribution in [0, 0.1) is 11.8 Å². The summed E-state index contributed by atoms with van der Waals surface area (Å²) in [7, 11) is 1.74. The molecule has 0 saturated carbocycles. The normalized spacial score (nSPS) is 14.9. The van der Waals surface area contributed by atoms with E-state index in [0.717, 1.165) is 13.0 Å². The van der Waals surface area contributed by atoms with E-state index >= 15 is 0 Å². The molecule has 1 aromatic carbocycles. The maximum absolute atomic E-state index is 5.08. The Labute approximate surface area is 114 Å². The van der Waals surface area contributed by atoms with Crippen molar-refractivity contribution in [1.82, 2.24) is 0 Å². The zero-order valence-corrected chi connectivity index (χ0v) is 12.8. The highest BCUT2D eigenvalue weighted by atomic mass is 79.9. The van der Waals surface area contributed by atoms with Crippen molar-refractivity contribution in [2.75, 3.05) is 13.7 Å². The maximum Gasteiger partial charge on any atom is 0.0502 e. The van der Waals surface area contributed by atoms with E-state index in [1.807, 2.05) is 0 Å². The summed E-state index contributed by atoms with van der Waals surface area (Å²) in [6.45, 7) is 7.63. The first-order valence-electron chi connectivity index (χ1n) is 6.28. The molecule has 1 nitrogen and oxygen atoms in total. The van der Waals surface area contributed by atoms with Gasteiger partial charge < -0.3 is 4.74 Å². The van der Waals surface area contributed by atoms with Crippen LogP contribution in [0.3, 0.4) is 0 Å². The third-order valence-electron chi connectivity index (χ3n) is 3.41. The molecule has 0 saturated heterocycles. The predicted octanol–water partition coefficient (Wildman–Crippen LogP) is 4.60. The van der Waals surface area contributed by atoms with Crippen LogP contribution in [0.2, 0.25) is 0 Å². The SMILES string of the molecule is COCCc1ccc(C(Br)C(C)C(C)C)cc1. The van der Waals surface area contributed by atoms with Gasteiger partial charge in [-0.05, 0) is 29.4 Å². The fraction of sp³-hybridized carbons (Fsp3) is 0.600. The highest BCUT2D eigenvalue weighted by Gasteiger charge is 2.18. The van der Waals surface area contributed by atoms with Crippen molar-refractivity contribution >= 4 is 15.9 Å². The van der Waals surface area contributed by atoms with Crippen LogP contribution in [0.25, 0.3) is 0 Å². The average molecular weight is 299 g/mol. The smallest absolute Gasteiger partial charge is 0.0502 e. The Bertz CT molecular complexity index is 318. The summed E-state index contributed by atoms with van der Waals surface area (Å²) < 4.78 is 5.08. The van der Waals surface area contributed by atoms with Crippen molar-refractivity contribution in [3.63, 3.8) is 0 Å². The molecular weight excluding hydrogens is 276 g/mol. The summed E-state index contributed by atoms with van der Waals surface area (Å²) in [5.41, 5.74) is 2.71. The minimum atomic E-state index is 0.443. The number of methoxy groups -OCH3 is 1. The number of hydrogen-bond donors (Lipinski definition) is 0. The Morgan fingerprint density at radius 3 is 2.18 bits per heavy atom. The molecule has 2 unspecified atom stereocenters. The molecule has 17 heavy (non-hydrogen) atoms. The monoisotopic (exact) mass is 298 g/mol. The molecule has 0 aliphatic carbocycles. The van der Waals surface area contributed by atoms with Gasteiger partial charge in [0.2, 0.25) is 0 Å². The van der Waals surface area contributed by atoms with Crippen LogP contribution in [0.4, 0.5) is 0 Å². The molecule has 0 heterocycles. The minimum Gasteiger partial charge on any atom is -0.384 e. The molecule has 1 aromatic rings. The highest BCUT2D eigenvalue weighted by Crippen LogP contribution is 2.35. The first-order chi connectivity index (χ1) is 8.06. The first kappa shape index (κ1) is 14.7. The summed E-state index contributed by atoms with van der Waals surface area (Å²) in [5.74, 6) is 1.33. The Morgan fingerprint density at radius 2 is 1.71 bits per heavy atom. The minimum absolute atomic E-state index is 0.443. The van der Waals surface area contributed by atoms with E-state index in [9.17, 15) is 0 Å². The van der Waals surface area contributed by atoms with E-state index < -0.39 is 0 Å². The van der Waals surface area contributed by atoms with Crippen molar-refractivity contribution < 1.29 is 4.74 Å². The Hall–Kier alpha value is -0.340. The van der Waals surface area contributed by atoms with E-state index in [2.05, 4.69) is 61.0 Å². The second-order valence-electron chi connectivity index (χ2n) is 4.99. The summed E-state index contributed by atoms with van der Waals surface area (Å²) in [6.07, 6.45) is 0.990. The number of alkyl halides is 1. The fourth-order valence-corrected chi connectivity index (χ4v) is 2.65. The lowest BCUT2D eigenvalue weighted by atomic mass is 9.90. The molecule has 0 aliphatic rings. The molecule has 0 aromatic heterocycles. The van der Waals surface area contributed by atoms with E-state index in [-0.39, 0.29) is 0 Å². The third-order valence-corrected chi connectivity index (χ3v) is 4.77. The van der Waals surface area contributed by atoms with Crippen molar-refractivity contribution in [3.8, 4) is 0 Å². The van der Waals surface area contributed by atoms with Gasteiger partial charge in [0, 0.05) is 11.9 Å². The van der Waals surface area contributed by atoms with Crippen LogP contribution in [0.1, 0.15) is 36.7 Å². The van der Waals surface area contributed by atoms with E-state index in [1.54, 1.807) is 7.11 Å². The number of benzene rings is 1. The van der Waals surface area contributed by atoms with Gasteiger partial charge in [0.25, 0.3) is 0 Å². The van der Waals surface area contributed by atoms with Crippen LogP contribution in [-0.2, 0) is 11.2 Å². The second kappa shape index (κ2) is 7.17. The standard InChI is InChI=1S/C15H23BrO/c1-11(2)12(3)15(16)14-7-5-13(6-8-14)9-10-17-4/h5-8,11-12,15H,9-10H2,1-4H3. The van der Waals surface area contributed by atoms with Gasteiger partial charge in [-0.2, -0.15) is 0 Å². The Kier molecular flexibility index (Phi) is 6.21. The van der Waals surface area contributed by atoms with Crippen LogP contribution < -0.4 is 0 Å². The molecular formula is C15H23BrO.